The fourth-order valence-electron chi connectivity index (χ4n) is 2.75. The molecule has 5 heteroatoms. The number of piperazine rings is 1. The minimum Gasteiger partial charge on any atom is -0.486 e. The van der Waals surface area contributed by atoms with Crippen LogP contribution in [0.5, 0.6) is 11.5 Å². The van der Waals surface area contributed by atoms with Crippen molar-refractivity contribution in [1.29, 1.82) is 0 Å². The van der Waals surface area contributed by atoms with E-state index in [1.165, 1.54) is 0 Å². The first-order chi connectivity index (χ1) is 9.59. The number of rotatable bonds is 1. The number of nitrogens with one attached hydrogen (secondary N) is 1. The summed E-state index contributed by atoms with van der Waals surface area (Å²) in [5.74, 6) is 1.26. The van der Waals surface area contributed by atoms with Gasteiger partial charge >= 0.3 is 0 Å². The van der Waals surface area contributed by atoms with E-state index in [2.05, 4.69) is 19.2 Å². The summed E-state index contributed by atoms with van der Waals surface area (Å²) in [6.07, 6.45) is 0. The zero-order chi connectivity index (χ0) is 14.2. The average Bonchev–Trinajstić information content (AvgIpc) is 2.45. The molecule has 0 atom stereocenters. The van der Waals surface area contributed by atoms with Crippen LogP contribution in [-0.4, -0.2) is 49.2 Å². The molecule has 20 heavy (non-hydrogen) atoms. The number of ether oxygens (including phenoxy) is 2. The molecule has 0 saturated carbocycles. The molecule has 1 saturated heterocycles. The van der Waals surface area contributed by atoms with Gasteiger partial charge in [0.25, 0.3) is 5.91 Å². The lowest BCUT2D eigenvalue weighted by Gasteiger charge is -2.43. The van der Waals surface area contributed by atoms with Crippen LogP contribution in [0.3, 0.4) is 0 Å². The molecule has 1 aromatic carbocycles. The Labute approximate surface area is 118 Å². The van der Waals surface area contributed by atoms with Gasteiger partial charge in [-0.15, -0.1) is 0 Å². The highest BCUT2D eigenvalue weighted by Crippen LogP contribution is 2.35. The number of carbonyl (C=O) groups is 1. The van der Waals surface area contributed by atoms with Crippen molar-refractivity contribution in [2.45, 2.75) is 19.4 Å². The lowest BCUT2D eigenvalue weighted by molar-refractivity contribution is 0.0469. The van der Waals surface area contributed by atoms with Gasteiger partial charge in [0, 0.05) is 19.6 Å². The summed E-state index contributed by atoms with van der Waals surface area (Å²) in [6, 6.07) is 5.50. The molecule has 2 heterocycles. The highest BCUT2D eigenvalue weighted by molar-refractivity contribution is 5.98. The Hall–Kier alpha value is -1.75. The number of amides is 1. The first-order valence-corrected chi connectivity index (χ1v) is 7.01. The fourth-order valence-corrected chi connectivity index (χ4v) is 2.75. The predicted octanol–water partition coefficient (Wildman–Crippen LogP) is 1.28. The van der Waals surface area contributed by atoms with Crippen molar-refractivity contribution >= 4 is 5.91 Å². The van der Waals surface area contributed by atoms with Crippen LogP contribution in [0.25, 0.3) is 0 Å². The van der Waals surface area contributed by atoms with E-state index in [1.54, 1.807) is 0 Å². The van der Waals surface area contributed by atoms with Gasteiger partial charge in [0.15, 0.2) is 11.5 Å². The molecular formula is C15H20N2O3. The van der Waals surface area contributed by atoms with Crippen LogP contribution in [0.4, 0.5) is 0 Å². The molecule has 3 rings (SSSR count). The van der Waals surface area contributed by atoms with Crippen molar-refractivity contribution in [2.75, 3.05) is 32.8 Å². The minimum absolute atomic E-state index is 0.0128. The number of hydrogen-bond acceptors (Lipinski definition) is 4. The third-order valence-electron chi connectivity index (χ3n) is 3.84. The summed E-state index contributed by atoms with van der Waals surface area (Å²) >= 11 is 0. The number of nitrogens with zero attached hydrogens (tertiary/aromatic N) is 1. The van der Waals surface area contributed by atoms with Crippen LogP contribution >= 0.6 is 0 Å². The van der Waals surface area contributed by atoms with Crippen LogP contribution in [0.15, 0.2) is 18.2 Å². The number of carbonyl (C=O) groups excluding carboxylic acids is 1. The third kappa shape index (κ3) is 2.22. The van der Waals surface area contributed by atoms with Crippen molar-refractivity contribution in [3.8, 4) is 11.5 Å². The summed E-state index contributed by atoms with van der Waals surface area (Å²) < 4.78 is 11.2. The molecule has 1 amide bonds. The Morgan fingerprint density at radius 2 is 2.10 bits per heavy atom. The SMILES string of the molecule is CC1(C)CNCCN1C(=O)c1cccc2c1OCCO2. The Morgan fingerprint density at radius 1 is 1.30 bits per heavy atom. The molecule has 2 aliphatic heterocycles. The topological polar surface area (TPSA) is 50.8 Å². The number of fused-ring (bicyclic) bond motifs is 1. The maximum absolute atomic E-state index is 12.8. The van der Waals surface area contributed by atoms with Gasteiger partial charge in [-0.3, -0.25) is 4.79 Å². The maximum atomic E-state index is 12.8. The first kappa shape index (κ1) is 13.2. The molecule has 108 valence electrons. The zero-order valence-corrected chi connectivity index (χ0v) is 11.9. The molecule has 0 spiro atoms. The van der Waals surface area contributed by atoms with Crippen molar-refractivity contribution in [2.24, 2.45) is 0 Å². The first-order valence-electron chi connectivity index (χ1n) is 7.01. The van der Waals surface area contributed by atoms with Crippen molar-refractivity contribution in [1.82, 2.24) is 10.2 Å². The average molecular weight is 276 g/mol. The van der Waals surface area contributed by atoms with Crippen LogP contribution in [0.2, 0.25) is 0 Å². The largest absolute Gasteiger partial charge is 0.486 e. The van der Waals surface area contributed by atoms with Gasteiger partial charge in [-0.1, -0.05) is 6.07 Å². The summed E-state index contributed by atoms with van der Waals surface area (Å²) in [5.41, 5.74) is 0.394. The monoisotopic (exact) mass is 276 g/mol. The molecule has 0 aliphatic carbocycles. The van der Waals surface area contributed by atoms with E-state index >= 15 is 0 Å². The summed E-state index contributed by atoms with van der Waals surface area (Å²) in [6.45, 7) is 7.49. The molecule has 5 nitrogen and oxygen atoms in total. The summed E-state index contributed by atoms with van der Waals surface area (Å²) in [5, 5.41) is 3.32. The highest BCUT2D eigenvalue weighted by Gasteiger charge is 2.35. The van der Waals surface area contributed by atoms with E-state index in [9.17, 15) is 4.79 Å². The molecular weight excluding hydrogens is 256 g/mol. The van der Waals surface area contributed by atoms with E-state index in [1.807, 2.05) is 23.1 Å². The molecule has 0 bridgehead atoms. The van der Waals surface area contributed by atoms with Gasteiger partial charge in [0.2, 0.25) is 0 Å². The normalized spacial score (nSPS) is 20.6. The minimum atomic E-state index is -0.201. The lowest BCUT2D eigenvalue weighted by atomic mass is 9.98. The van der Waals surface area contributed by atoms with E-state index in [4.69, 9.17) is 9.47 Å². The van der Waals surface area contributed by atoms with Crippen molar-refractivity contribution < 1.29 is 14.3 Å². The second-order valence-corrected chi connectivity index (χ2v) is 5.78. The number of benzene rings is 1. The smallest absolute Gasteiger partial charge is 0.258 e. The third-order valence-corrected chi connectivity index (χ3v) is 3.84. The highest BCUT2D eigenvalue weighted by atomic mass is 16.6. The van der Waals surface area contributed by atoms with Crippen LogP contribution < -0.4 is 14.8 Å². The van der Waals surface area contributed by atoms with Gasteiger partial charge in [-0.05, 0) is 26.0 Å². The number of para-hydroxylation sites is 1. The summed E-state index contributed by atoms with van der Waals surface area (Å²) in [4.78, 5) is 14.8. The molecule has 1 N–H and O–H groups in total. The van der Waals surface area contributed by atoms with Gasteiger partial charge in [-0.25, -0.2) is 0 Å². The Bertz CT molecular complexity index is 528. The summed E-state index contributed by atoms with van der Waals surface area (Å²) in [7, 11) is 0. The molecule has 2 aliphatic rings. The Balaban J connectivity index is 1.94. The Kier molecular flexibility index (Phi) is 3.30. The number of hydrogen-bond donors (Lipinski definition) is 1. The molecule has 1 aromatic rings. The second kappa shape index (κ2) is 4.98. The molecule has 0 unspecified atom stereocenters. The standard InChI is InChI=1S/C15H20N2O3/c1-15(2)10-16-6-7-17(15)14(18)11-4-3-5-12-13(11)20-9-8-19-12/h3-5,16H,6-10H2,1-2H3. The van der Waals surface area contributed by atoms with Crippen molar-refractivity contribution in [3.05, 3.63) is 23.8 Å². The Morgan fingerprint density at radius 3 is 2.90 bits per heavy atom. The van der Waals surface area contributed by atoms with Crippen LogP contribution in [0.1, 0.15) is 24.2 Å². The fraction of sp³-hybridized carbons (Fsp3) is 0.533. The second-order valence-electron chi connectivity index (χ2n) is 5.78. The van der Waals surface area contributed by atoms with Gasteiger partial charge in [0.1, 0.15) is 13.2 Å². The van der Waals surface area contributed by atoms with E-state index in [0.717, 1.165) is 13.1 Å². The van der Waals surface area contributed by atoms with Crippen LogP contribution in [-0.2, 0) is 0 Å². The van der Waals surface area contributed by atoms with E-state index in [0.29, 0.717) is 36.8 Å². The van der Waals surface area contributed by atoms with Crippen LogP contribution in [0, 0.1) is 0 Å². The quantitative estimate of drug-likeness (QED) is 0.839. The molecule has 0 radical (unpaired) electrons. The van der Waals surface area contributed by atoms with E-state index in [-0.39, 0.29) is 11.4 Å². The maximum Gasteiger partial charge on any atom is 0.258 e. The van der Waals surface area contributed by atoms with Gasteiger partial charge < -0.3 is 19.7 Å². The lowest BCUT2D eigenvalue weighted by Crippen LogP contribution is -2.59. The molecule has 1 fully saturated rings. The predicted molar refractivity (Wildman–Crippen MR) is 75.4 cm³/mol. The van der Waals surface area contributed by atoms with Crippen molar-refractivity contribution in [3.63, 3.8) is 0 Å². The van der Waals surface area contributed by atoms with Gasteiger partial charge in [-0.2, -0.15) is 0 Å². The molecule has 0 aromatic heterocycles. The van der Waals surface area contributed by atoms with Gasteiger partial charge in [0.05, 0.1) is 11.1 Å². The zero-order valence-electron chi connectivity index (χ0n) is 11.9. The van der Waals surface area contributed by atoms with E-state index < -0.39 is 0 Å².